The van der Waals surface area contributed by atoms with Gasteiger partial charge < -0.3 is 5.32 Å². The van der Waals surface area contributed by atoms with Crippen molar-refractivity contribution in [2.75, 3.05) is 19.6 Å². The highest BCUT2D eigenvalue weighted by atomic mass is 32.2. The summed E-state index contributed by atoms with van der Waals surface area (Å²) >= 11 is 1.94. The van der Waals surface area contributed by atoms with Crippen LogP contribution in [0.15, 0.2) is 0 Å². The molecule has 0 spiro atoms. The van der Waals surface area contributed by atoms with Crippen LogP contribution < -0.4 is 20.7 Å². The van der Waals surface area contributed by atoms with Crippen LogP contribution in [-0.2, 0) is 0 Å². The van der Waals surface area contributed by atoms with E-state index in [9.17, 15) is 0 Å². The first-order chi connectivity index (χ1) is 14.2. The van der Waals surface area contributed by atoms with E-state index >= 15 is 0 Å². The zero-order chi connectivity index (χ0) is 21.4. The molecule has 0 radical (unpaired) electrons. The van der Waals surface area contributed by atoms with Crippen LogP contribution in [0.5, 0.6) is 0 Å². The van der Waals surface area contributed by atoms with Gasteiger partial charge in [-0.1, -0.05) is 32.7 Å². The Bertz CT molecular complexity index is 562. The molecule has 4 aliphatic rings. The lowest BCUT2D eigenvalue weighted by molar-refractivity contribution is 0.00553. The third kappa shape index (κ3) is 5.55. The van der Waals surface area contributed by atoms with Gasteiger partial charge in [0.15, 0.2) is 0 Å². The molecule has 30 heavy (non-hydrogen) atoms. The van der Waals surface area contributed by atoms with Crippen LogP contribution in [0.2, 0.25) is 0 Å². The number of piperidine rings is 2. The van der Waals surface area contributed by atoms with Crippen LogP contribution in [-0.4, -0.2) is 53.8 Å². The fourth-order valence-electron chi connectivity index (χ4n) is 6.38. The highest BCUT2D eigenvalue weighted by molar-refractivity contribution is 7.98. The van der Waals surface area contributed by atoms with Gasteiger partial charge in [-0.05, 0) is 83.1 Å². The number of nitrogens with one attached hydrogen (secondary N) is 4. The summed E-state index contributed by atoms with van der Waals surface area (Å²) in [6.07, 6.45) is 11.5. The molecule has 0 saturated carbocycles. The van der Waals surface area contributed by atoms with Gasteiger partial charge in [0, 0.05) is 30.6 Å². The molecule has 4 aliphatic heterocycles. The van der Waals surface area contributed by atoms with Crippen molar-refractivity contribution in [2.45, 2.75) is 115 Å². The van der Waals surface area contributed by atoms with Gasteiger partial charge in [0.1, 0.15) is 0 Å². The minimum Gasteiger partial charge on any atom is -0.302 e. The number of hydrogen-bond acceptors (Lipinski definition) is 6. The lowest BCUT2D eigenvalue weighted by Crippen LogP contribution is -2.63. The maximum absolute atomic E-state index is 4.16. The van der Waals surface area contributed by atoms with Crippen LogP contribution in [0.25, 0.3) is 0 Å². The zero-order valence-corrected chi connectivity index (χ0v) is 20.9. The van der Waals surface area contributed by atoms with Gasteiger partial charge >= 0.3 is 0 Å². The molecule has 4 bridgehead atoms. The molecule has 4 fully saturated rings. The molecule has 174 valence electrons. The molecule has 4 rings (SSSR count). The first kappa shape index (κ1) is 23.3. The van der Waals surface area contributed by atoms with E-state index in [1.807, 2.05) is 11.9 Å². The highest BCUT2D eigenvalue weighted by Crippen LogP contribution is 2.41. The van der Waals surface area contributed by atoms with Crippen molar-refractivity contribution in [1.82, 2.24) is 25.6 Å². The number of rotatable bonds is 0. The van der Waals surface area contributed by atoms with E-state index in [2.05, 4.69) is 60.2 Å². The second-order valence-electron chi connectivity index (χ2n) is 12.1. The van der Waals surface area contributed by atoms with Crippen molar-refractivity contribution in [1.29, 1.82) is 0 Å². The Morgan fingerprint density at radius 3 is 2.60 bits per heavy atom. The van der Waals surface area contributed by atoms with Gasteiger partial charge in [-0.3, -0.25) is 20.3 Å². The van der Waals surface area contributed by atoms with Gasteiger partial charge in [0.05, 0.1) is 17.7 Å². The van der Waals surface area contributed by atoms with Crippen molar-refractivity contribution in [2.24, 2.45) is 17.3 Å². The van der Waals surface area contributed by atoms with Crippen LogP contribution in [0, 0.1) is 17.3 Å². The topological polar surface area (TPSA) is 51.4 Å². The number of hydrogen-bond donors (Lipinski definition) is 4. The van der Waals surface area contributed by atoms with Gasteiger partial charge in [-0.15, -0.1) is 0 Å². The van der Waals surface area contributed by atoms with Gasteiger partial charge in [-0.2, -0.15) is 0 Å². The van der Waals surface area contributed by atoms with E-state index in [1.54, 1.807) is 0 Å². The SMILES string of the molecule is CC(C)(C)C1CCC2CNSC3CCCC(NCCC[C@@H]4CN(C2N1)C(C)(C)C4)N3. The minimum atomic E-state index is 0.288. The first-order valence-corrected chi connectivity index (χ1v) is 13.5. The summed E-state index contributed by atoms with van der Waals surface area (Å²) < 4.78 is 3.81. The lowest BCUT2D eigenvalue weighted by Gasteiger charge is -2.50. The third-order valence-corrected chi connectivity index (χ3v) is 9.13. The Hall–Kier alpha value is 0.150. The average Bonchev–Trinajstić information content (AvgIpc) is 2.98. The van der Waals surface area contributed by atoms with Crippen molar-refractivity contribution in [3.8, 4) is 0 Å². The highest BCUT2D eigenvalue weighted by Gasteiger charge is 2.46. The Labute approximate surface area is 189 Å². The average molecular weight is 438 g/mol. The lowest BCUT2D eigenvalue weighted by atomic mass is 9.78. The third-order valence-electron chi connectivity index (χ3n) is 8.14. The smallest absolute Gasteiger partial charge is 0.0690 e. The predicted octanol–water partition coefficient (Wildman–Crippen LogP) is 3.87. The van der Waals surface area contributed by atoms with Gasteiger partial charge in [0.2, 0.25) is 0 Å². The van der Waals surface area contributed by atoms with Gasteiger partial charge in [-0.25, -0.2) is 0 Å². The first-order valence-electron chi connectivity index (χ1n) is 12.6. The molecular formula is C24H47N5S. The van der Waals surface area contributed by atoms with Crippen molar-refractivity contribution < 1.29 is 0 Å². The maximum atomic E-state index is 4.16. The van der Waals surface area contributed by atoms with E-state index < -0.39 is 0 Å². The maximum Gasteiger partial charge on any atom is 0.0690 e. The molecule has 0 amide bonds. The predicted molar refractivity (Wildman–Crippen MR) is 129 cm³/mol. The van der Waals surface area contributed by atoms with Gasteiger partial charge in [0.25, 0.3) is 0 Å². The zero-order valence-electron chi connectivity index (χ0n) is 20.1. The van der Waals surface area contributed by atoms with Crippen molar-refractivity contribution in [3.05, 3.63) is 0 Å². The fourth-order valence-corrected chi connectivity index (χ4v) is 7.41. The summed E-state index contributed by atoms with van der Waals surface area (Å²) in [4.78, 5) is 2.86. The monoisotopic (exact) mass is 437 g/mol. The van der Waals surface area contributed by atoms with Crippen LogP contribution in [0.3, 0.4) is 0 Å². The standard InChI is InChI=1S/C24H47N5S/c1-23(2,3)19-12-11-18-15-26-30-21-10-6-9-20(28-21)25-13-7-8-17-14-24(4,5)29(16-17)22(18)27-19/h17-22,25-28H,6-16H2,1-5H3/t17-,18?,19?,20?,21?,22?/m0/s1. The summed E-state index contributed by atoms with van der Waals surface area (Å²) in [7, 11) is 0. The molecule has 4 heterocycles. The minimum absolute atomic E-state index is 0.288. The Morgan fingerprint density at radius 2 is 1.80 bits per heavy atom. The largest absolute Gasteiger partial charge is 0.302 e. The fraction of sp³-hybridized carbons (Fsp3) is 1.00. The molecular weight excluding hydrogens is 390 g/mol. The Morgan fingerprint density at radius 1 is 0.967 bits per heavy atom. The summed E-state index contributed by atoms with van der Waals surface area (Å²) in [5, 5.41) is 12.3. The van der Waals surface area contributed by atoms with Crippen molar-refractivity contribution >= 4 is 11.9 Å². The summed E-state index contributed by atoms with van der Waals surface area (Å²) in [5.41, 5.74) is 0.607. The van der Waals surface area contributed by atoms with Crippen LogP contribution in [0.4, 0.5) is 0 Å². The molecule has 4 N–H and O–H groups in total. The molecule has 0 aromatic rings. The summed E-state index contributed by atoms with van der Waals surface area (Å²) in [6, 6.07) is 0.605. The molecule has 0 aliphatic carbocycles. The van der Waals surface area contributed by atoms with E-state index in [4.69, 9.17) is 0 Å². The molecule has 4 saturated heterocycles. The molecule has 6 heteroatoms. The molecule has 0 aromatic heterocycles. The van der Waals surface area contributed by atoms with E-state index in [-0.39, 0.29) is 5.54 Å². The Kier molecular flexibility index (Phi) is 7.43. The summed E-state index contributed by atoms with van der Waals surface area (Å²) in [6.45, 7) is 15.7. The van der Waals surface area contributed by atoms with E-state index in [1.165, 1.54) is 57.9 Å². The number of nitrogens with zero attached hydrogens (tertiary/aromatic N) is 1. The van der Waals surface area contributed by atoms with Crippen LogP contribution in [0.1, 0.15) is 86.0 Å². The molecule has 7 atom stereocenters. The molecule has 0 aromatic carbocycles. The second kappa shape index (κ2) is 9.56. The number of fused-ring (bicyclic) bond motifs is 6. The van der Waals surface area contributed by atoms with E-state index in [0.29, 0.717) is 35.1 Å². The normalized spacial score (nSPS) is 43.3. The second-order valence-corrected chi connectivity index (χ2v) is 13.2. The van der Waals surface area contributed by atoms with E-state index in [0.717, 1.165) is 19.0 Å². The quantitative estimate of drug-likeness (QED) is 0.432. The molecule has 6 unspecified atom stereocenters. The van der Waals surface area contributed by atoms with Crippen molar-refractivity contribution in [3.63, 3.8) is 0 Å². The Balaban J connectivity index is 1.51. The van der Waals surface area contributed by atoms with Crippen LogP contribution >= 0.6 is 11.9 Å². The summed E-state index contributed by atoms with van der Waals surface area (Å²) in [5.74, 6) is 1.51. The molecule has 5 nitrogen and oxygen atoms in total.